The molecule has 0 aliphatic heterocycles. The maximum absolute atomic E-state index is 10.7. The summed E-state index contributed by atoms with van der Waals surface area (Å²) >= 11 is 0. The third kappa shape index (κ3) is 3.27. The van der Waals surface area contributed by atoms with Crippen molar-refractivity contribution in [1.82, 2.24) is 4.98 Å². The summed E-state index contributed by atoms with van der Waals surface area (Å²) in [5.74, 6) is 0. The van der Waals surface area contributed by atoms with Crippen LogP contribution >= 0.6 is 12.4 Å². The summed E-state index contributed by atoms with van der Waals surface area (Å²) in [6.07, 6.45) is 1.39. The number of nitrogens with zero attached hydrogens (tertiary/aromatic N) is 1. The summed E-state index contributed by atoms with van der Waals surface area (Å²) in [7, 11) is -3.68. The van der Waals surface area contributed by atoms with Gasteiger partial charge in [0.1, 0.15) is 0 Å². The number of aromatic nitrogens is 1. The zero-order chi connectivity index (χ0) is 9.19. The second kappa shape index (κ2) is 4.52. The maximum Gasteiger partial charge on any atom is 0.255 e. The summed E-state index contributed by atoms with van der Waals surface area (Å²) in [5.41, 5.74) is 6.05. The van der Waals surface area contributed by atoms with E-state index in [1.165, 1.54) is 12.3 Å². The van der Waals surface area contributed by atoms with Gasteiger partial charge in [-0.2, -0.15) is 0 Å². The molecule has 1 aromatic heterocycles. The molecule has 1 heterocycles. The van der Waals surface area contributed by atoms with E-state index in [2.05, 4.69) is 4.98 Å². The second-order valence-corrected chi connectivity index (χ2v) is 3.76. The SMILES string of the molecule is Cl.NCc1ccc(S(N)(=O)=O)nc1. The van der Waals surface area contributed by atoms with E-state index in [9.17, 15) is 8.42 Å². The van der Waals surface area contributed by atoms with Gasteiger partial charge < -0.3 is 5.73 Å². The van der Waals surface area contributed by atoms with E-state index in [1.54, 1.807) is 6.07 Å². The predicted molar refractivity (Wildman–Crippen MR) is 50.7 cm³/mol. The molecule has 0 fully saturated rings. The van der Waals surface area contributed by atoms with E-state index in [0.29, 0.717) is 6.54 Å². The summed E-state index contributed by atoms with van der Waals surface area (Å²) in [5, 5.41) is 4.69. The van der Waals surface area contributed by atoms with Crippen LogP contribution in [0.4, 0.5) is 0 Å². The molecule has 0 bridgehead atoms. The van der Waals surface area contributed by atoms with Crippen molar-refractivity contribution < 1.29 is 8.42 Å². The van der Waals surface area contributed by atoms with E-state index in [0.717, 1.165) is 5.56 Å². The van der Waals surface area contributed by atoms with Gasteiger partial charge >= 0.3 is 0 Å². The van der Waals surface area contributed by atoms with Crippen molar-refractivity contribution in [1.29, 1.82) is 0 Å². The number of nitrogens with two attached hydrogens (primary N) is 2. The molecule has 0 unspecified atom stereocenters. The Morgan fingerprint density at radius 2 is 2.00 bits per heavy atom. The molecule has 0 aromatic carbocycles. The van der Waals surface area contributed by atoms with Crippen LogP contribution in [-0.2, 0) is 16.6 Å². The van der Waals surface area contributed by atoms with E-state index in [-0.39, 0.29) is 17.4 Å². The van der Waals surface area contributed by atoms with Crippen LogP contribution in [0.2, 0.25) is 0 Å². The van der Waals surface area contributed by atoms with Crippen molar-refractivity contribution in [3.8, 4) is 0 Å². The molecule has 0 atom stereocenters. The van der Waals surface area contributed by atoms with Gasteiger partial charge in [-0.05, 0) is 11.6 Å². The maximum atomic E-state index is 10.7. The molecule has 13 heavy (non-hydrogen) atoms. The van der Waals surface area contributed by atoms with Crippen LogP contribution in [0.25, 0.3) is 0 Å². The fraction of sp³-hybridized carbons (Fsp3) is 0.167. The molecular formula is C6H10ClN3O2S. The van der Waals surface area contributed by atoms with E-state index < -0.39 is 10.0 Å². The number of rotatable bonds is 2. The number of hydrogen-bond acceptors (Lipinski definition) is 4. The van der Waals surface area contributed by atoms with Gasteiger partial charge in [0.25, 0.3) is 10.0 Å². The Bertz CT molecular complexity index is 362. The standard InChI is InChI=1S/C6H9N3O2S.ClH/c7-3-5-1-2-6(9-4-5)12(8,10)11;/h1-2,4H,3,7H2,(H2,8,10,11);1H. The fourth-order valence-electron chi connectivity index (χ4n) is 0.700. The molecule has 1 aromatic rings. The van der Waals surface area contributed by atoms with Crippen molar-refractivity contribution in [3.05, 3.63) is 23.9 Å². The van der Waals surface area contributed by atoms with Gasteiger partial charge in [0.15, 0.2) is 5.03 Å². The van der Waals surface area contributed by atoms with Gasteiger partial charge in [-0.1, -0.05) is 6.07 Å². The third-order valence-corrected chi connectivity index (χ3v) is 2.15. The Morgan fingerprint density at radius 3 is 2.31 bits per heavy atom. The Hall–Kier alpha value is -0.690. The zero-order valence-electron chi connectivity index (χ0n) is 6.67. The Morgan fingerprint density at radius 1 is 1.38 bits per heavy atom. The van der Waals surface area contributed by atoms with Crippen LogP contribution in [0.1, 0.15) is 5.56 Å². The molecule has 0 saturated heterocycles. The largest absolute Gasteiger partial charge is 0.326 e. The van der Waals surface area contributed by atoms with Crippen LogP contribution in [0.3, 0.4) is 0 Å². The average molecular weight is 224 g/mol. The first-order valence-corrected chi connectivity index (χ1v) is 4.76. The molecule has 5 nitrogen and oxygen atoms in total. The third-order valence-electron chi connectivity index (χ3n) is 1.32. The summed E-state index contributed by atoms with van der Waals surface area (Å²) in [6.45, 7) is 0.331. The first kappa shape index (κ1) is 12.3. The smallest absolute Gasteiger partial charge is 0.255 e. The van der Waals surface area contributed by atoms with Gasteiger partial charge in [-0.15, -0.1) is 12.4 Å². The first-order valence-electron chi connectivity index (χ1n) is 3.22. The predicted octanol–water partition coefficient (Wildman–Crippen LogP) is -0.391. The lowest BCUT2D eigenvalue weighted by Crippen LogP contribution is -2.14. The molecule has 7 heteroatoms. The average Bonchev–Trinajstić information content (AvgIpc) is 2.03. The fourth-order valence-corrected chi connectivity index (χ4v) is 1.16. The highest BCUT2D eigenvalue weighted by Gasteiger charge is 2.07. The molecule has 0 saturated carbocycles. The number of primary sulfonamides is 1. The highest BCUT2D eigenvalue weighted by molar-refractivity contribution is 7.89. The lowest BCUT2D eigenvalue weighted by atomic mass is 10.3. The van der Waals surface area contributed by atoms with Gasteiger partial charge in [-0.25, -0.2) is 18.5 Å². The minimum absolute atomic E-state index is 0. The van der Waals surface area contributed by atoms with E-state index in [1.807, 2.05) is 0 Å². The van der Waals surface area contributed by atoms with Gasteiger partial charge in [0.2, 0.25) is 0 Å². The quantitative estimate of drug-likeness (QED) is 0.713. The van der Waals surface area contributed by atoms with Crippen molar-refractivity contribution in [2.45, 2.75) is 11.6 Å². The minimum Gasteiger partial charge on any atom is -0.326 e. The summed E-state index contributed by atoms with van der Waals surface area (Å²) in [6, 6.07) is 2.91. The van der Waals surface area contributed by atoms with E-state index >= 15 is 0 Å². The van der Waals surface area contributed by atoms with Crippen LogP contribution in [0.15, 0.2) is 23.4 Å². The highest BCUT2D eigenvalue weighted by Crippen LogP contribution is 2.03. The zero-order valence-corrected chi connectivity index (χ0v) is 8.31. The molecule has 4 N–H and O–H groups in total. The lowest BCUT2D eigenvalue weighted by molar-refractivity contribution is 0.594. The van der Waals surface area contributed by atoms with Crippen molar-refractivity contribution in [3.63, 3.8) is 0 Å². The molecule has 0 aliphatic carbocycles. The van der Waals surface area contributed by atoms with Crippen LogP contribution in [-0.4, -0.2) is 13.4 Å². The normalized spacial score (nSPS) is 10.6. The first-order chi connectivity index (χ1) is 5.54. The molecule has 0 amide bonds. The number of sulfonamides is 1. The molecule has 1 rings (SSSR count). The lowest BCUT2D eigenvalue weighted by Gasteiger charge is -1.97. The Labute approximate surface area is 82.6 Å². The molecular weight excluding hydrogens is 214 g/mol. The van der Waals surface area contributed by atoms with Crippen molar-refractivity contribution in [2.24, 2.45) is 10.9 Å². The monoisotopic (exact) mass is 223 g/mol. The van der Waals surface area contributed by atoms with Crippen molar-refractivity contribution >= 4 is 22.4 Å². The second-order valence-electron chi connectivity index (χ2n) is 2.25. The Kier molecular flexibility index (Phi) is 4.28. The topological polar surface area (TPSA) is 99.1 Å². The molecule has 0 spiro atoms. The Balaban J connectivity index is 0.00000144. The molecule has 0 radical (unpaired) electrons. The van der Waals surface area contributed by atoms with Crippen LogP contribution in [0, 0.1) is 0 Å². The van der Waals surface area contributed by atoms with Gasteiger partial charge in [0, 0.05) is 12.7 Å². The van der Waals surface area contributed by atoms with Crippen molar-refractivity contribution in [2.75, 3.05) is 0 Å². The van der Waals surface area contributed by atoms with Crippen LogP contribution in [0.5, 0.6) is 0 Å². The number of halogens is 1. The molecule has 0 aliphatic rings. The molecule has 74 valence electrons. The number of hydrogen-bond donors (Lipinski definition) is 2. The highest BCUT2D eigenvalue weighted by atomic mass is 35.5. The summed E-state index contributed by atoms with van der Waals surface area (Å²) < 4.78 is 21.4. The summed E-state index contributed by atoms with van der Waals surface area (Å²) in [4.78, 5) is 3.63. The van der Waals surface area contributed by atoms with Gasteiger partial charge in [0.05, 0.1) is 0 Å². The van der Waals surface area contributed by atoms with Gasteiger partial charge in [-0.3, -0.25) is 0 Å². The van der Waals surface area contributed by atoms with E-state index in [4.69, 9.17) is 10.9 Å². The van der Waals surface area contributed by atoms with Crippen LogP contribution < -0.4 is 10.9 Å². The minimum atomic E-state index is -3.68. The number of pyridine rings is 1.